The van der Waals surface area contributed by atoms with Crippen molar-refractivity contribution in [2.75, 3.05) is 4.90 Å². The van der Waals surface area contributed by atoms with Crippen molar-refractivity contribution in [3.05, 3.63) is 206 Å². The minimum atomic E-state index is 0.836. The number of fused-ring (bicyclic) bond motifs is 5. The van der Waals surface area contributed by atoms with E-state index in [0.29, 0.717) is 0 Å². The van der Waals surface area contributed by atoms with E-state index in [2.05, 4.69) is 205 Å². The van der Waals surface area contributed by atoms with Crippen LogP contribution in [0.3, 0.4) is 0 Å². The van der Waals surface area contributed by atoms with E-state index in [0.717, 1.165) is 70.9 Å². The van der Waals surface area contributed by atoms with Crippen LogP contribution in [-0.4, -0.2) is 4.98 Å². The predicted molar refractivity (Wildman–Crippen MR) is 241 cm³/mol. The highest BCUT2D eigenvalue weighted by molar-refractivity contribution is 7.21. The van der Waals surface area contributed by atoms with Gasteiger partial charge >= 0.3 is 0 Å². The molecule has 9 aromatic carbocycles. The molecule has 268 valence electrons. The van der Waals surface area contributed by atoms with Gasteiger partial charge in [-0.15, -0.1) is 11.3 Å². The van der Waals surface area contributed by atoms with Crippen LogP contribution in [0.2, 0.25) is 0 Å². The van der Waals surface area contributed by atoms with Crippen LogP contribution in [0.15, 0.2) is 211 Å². The number of rotatable bonds is 7. The summed E-state index contributed by atoms with van der Waals surface area (Å²) in [5.41, 5.74) is 13.8. The summed E-state index contributed by atoms with van der Waals surface area (Å²) in [6, 6.07) is 73.4. The zero-order chi connectivity index (χ0) is 37.7. The molecular weight excluding hydrogens is 713 g/mol. The van der Waals surface area contributed by atoms with Gasteiger partial charge in [0.25, 0.3) is 0 Å². The number of anilines is 3. The topological polar surface area (TPSA) is 29.3 Å². The van der Waals surface area contributed by atoms with Crippen molar-refractivity contribution < 1.29 is 4.42 Å². The van der Waals surface area contributed by atoms with Crippen molar-refractivity contribution >= 4 is 71.3 Å². The monoisotopic (exact) mass is 746 g/mol. The molecule has 4 heteroatoms. The molecule has 0 saturated heterocycles. The zero-order valence-electron chi connectivity index (χ0n) is 30.8. The summed E-state index contributed by atoms with van der Waals surface area (Å²) in [6.45, 7) is 0. The lowest BCUT2D eigenvalue weighted by Crippen LogP contribution is -2.11. The van der Waals surface area contributed by atoms with Crippen LogP contribution in [-0.2, 0) is 0 Å². The lowest BCUT2D eigenvalue weighted by molar-refractivity contribution is 0.669. The highest BCUT2D eigenvalue weighted by atomic mass is 32.1. The molecule has 11 rings (SSSR count). The van der Waals surface area contributed by atoms with Gasteiger partial charge in [0.1, 0.15) is 21.7 Å². The van der Waals surface area contributed by atoms with Gasteiger partial charge in [-0.25, -0.2) is 4.98 Å². The predicted octanol–water partition coefficient (Wildman–Crippen LogP) is 15.5. The van der Waals surface area contributed by atoms with Crippen LogP contribution in [0.4, 0.5) is 17.1 Å². The first-order valence-corrected chi connectivity index (χ1v) is 20.0. The maximum Gasteiger partial charge on any atom is 0.139 e. The average Bonchev–Trinajstić information content (AvgIpc) is 3.89. The third-order valence-electron chi connectivity index (χ3n) is 10.9. The summed E-state index contributed by atoms with van der Waals surface area (Å²) in [7, 11) is 0. The van der Waals surface area contributed by atoms with Crippen LogP contribution in [0.25, 0.3) is 86.9 Å². The molecule has 0 aliphatic heterocycles. The maximum atomic E-state index is 6.69. The molecule has 2 heterocycles. The lowest BCUT2D eigenvalue weighted by atomic mass is 9.90. The molecule has 0 saturated carbocycles. The van der Waals surface area contributed by atoms with E-state index in [1.807, 2.05) is 6.07 Å². The van der Waals surface area contributed by atoms with Crippen LogP contribution < -0.4 is 4.90 Å². The molecule has 0 aliphatic rings. The largest absolute Gasteiger partial charge is 0.456 e. The second kappa shape index (κ2) is 13.8. The standard InChI is InChI=1S/C53H34N2OS/c1-4-15-35(16-5-1)36-27-29-40(30-28-36)55(41-31-32-43(37-17-6-2-7-18-37)46(33-41)44-25-14-22-38-19-10-11-23-42(38)44)52-50-45-24-12-13-26-47(45)56-48(50)34-49-51(52)54-53(57-49)39-20-8-3-9-21-39/h1-34H. The van der Waals surface area contributed by atoms with Gasteiger partial charge in [0.2, 0.25) is 0 Å². The molecule has 0 atom stereocenters. The number of hydrogen-bond donors (Lipinski definition) is 0. The zero-order valence-corrected chi connectivity index (χ0v) is 31.7. The van der Waals surface area contributed by atoms with Gasteiger partial charge in [0.15, 0.2) is 0 Å². The van der Waals surface area contributed by atoms with Crippen LogP contribution in [0, 0.1) is 0 Å². The minimum Gasteiger partial charge on any atom is -0.456 e. The number of aromatic nitrogens is 1. The number of nitrogens with zero attached hydrogens (tertiary/aromatic N) is 2. The van der Waals surface area contributed by atoms with E-state index in [9.17, 15) is 0 Å². The van der Waals surface area contributed by atoms with E-state index in [4.69, 9.17) is 9.40 Å². The summed E-state index contributed by atoms with van der Waals surface area (Å²) in [4.78, 5) is 7.88. The Morgan fingerprint density at radius 2 is 1.04 bits per heavy atom. The fourth-order valence-electron chi connectivity index (χ4n) is 8.23. The summed E-state index contributed by atoms with van der Waals surface area (Å²) in [5.74, 6) is 0. The molecule has 0 spiro atoms. The molecular formula is C53H34N2OS. The van der Waals surface area contributed by atoms with E-state index < -0.39 is 0 Å². The number of thiazole rings is 1. The third-order valence-corrected chi connectivity index (χ3v) is 12.0. The molecule has 0 aliphatic carbocycles. The van der Waals surface area contributed by atoms with Gasteiger partial charge in [0, 0.05) is 28.4 Å². The van der Waals surface area contributed by atoms with Gasteiger partial charge in [-0.1, -0.05) is 170 Å². The van der Waals surface area contributed by atoms with E-state index in [-0.39, 0.29) is 0 Å². The van der Waals surface area contributed by atoms with Gasteiger partial charge in [-0.2, -0.15) is 0 Å². The SMILES string of the molecule is c1ccc(-c2ccc(N(c3ccc(-c4ccccc4)c(-c4cccc5ccccc45)c3)c3c4nc(-c5ccccc5)sc4cc4oc5ccccc5c34)cc2)cc1. The molecule has 0 bridgehead atoms. The fourth-order valence-corrected chi connectivity index (χ4v) is 9.24. The second-order valence-electron chi connectivity index (χ2n) is 14.3. The Balaban J connectivity index is 1.24. The summed E-state index contributed by atoms with van der Waals surface area (Å²) >= 11 is 1.70. The highest BCUT2D eigenvalue weighted by Crippen LogP contribution is 2.50. The van der Waals surface area contributed by atoms with Crippen LogP contribution >= 0.6 is 11.3 Å². The first-order valence-electron chi connectivity index (χ1n) is 19.2. The van der Waals surface area contributed by atoms with Gasteiger partial charge in [-0.3, -0.25) is 0 Å². The van der Waals surface area contributed by atoms with Crippen LogP contribution in [0.5, 0.6) is 0 Å². The van der Waals surface area contributed by atoms with E-state index in [1.54, 1.807) is 11.3 Å². The molecule has 11 aromatic rings. The average molecular weight is 747 g/mol. The van der Waals surface area contributed by atoms with Crippen molar-refractivity contribution in [1.29, 1.82) is 0 Å². The maximum absolute atomic E-state index is 6.69. The molecule has 0 amide bonds. The number of para-hydroxylation sites is 1. The van der Waals surface area contributed by atoms with Gasteiger partial charge in [0.05, 0.1) is 15.8 Å². The van der Waals surface area contributed by atoms with Crippen molar-refractivity contribution in [1.82, 2.24) is 4.98 Å². The molecule has 0 N–H and O–H groups in total. The van der Waals surface area contributed by atoms with Crippen molar-refractivity contribution in [2.45, 2.75) is 0 Å². The van der Waals surface area contributed by atoms with Crippen molar-refractivity contribution in [3.8, 4) is 44.0 Å². The first kappa shape index (κ1) is 33.1. The lowest BCUT2D eigenvalue weighted by Gasteiger charge is -2.28. The Bertz CT molecular complexity index is 3220. The quantitative estimate of drug-likeness (QED) is 0.163. The highest BCUT2D eigenvalue weighted by Gasteiger charge is 2.26. The Hall–Kier alpha value is -7.27. The van der Waals surface area contributed by atoms with Crippen molar-refractivity contribution in [2.24, 2.45) is 0 Å². The van der Waals surface area contributed by atoms with Crippen LogP contribution in [0.1, 0.15) is 0 Å². The summed E-state index contributed by atoms with van der Waals surface area (Å²) < 4.78 is 7.75. The number of furan rings is 1. The van der Waals surface area contributed by atoms with E-state index >= 15 is 0 Å². The number of hydrogen-bond acceptors (Lipinski definition) is 4. The van der Waals surface area contributed by atoms with Crippen molar-refractivity contribution in [3.63, 3.8) is 0 Å². The molecule has 57 heavy (non-hydrogen) atoms. The Morgan fingerprint density at radius 3 is 1.81 bits per heavy atom. The molecule has 0 unspecified atom stereocenters. The second-order valence-corrected chi connectivity index (χ2v) is 15.3. The fraction of sp³-hybridized carbons (Fsp3) is 0. The third kappa shape index (κ3) is 5.78. The minimum absolute atomic E-state index is 0.836. The summed E-state index contributed by atoms with van der Waals surface area (Å²) in [6.07, 6.45) is 0. The number of benzene rings is 9. The molecule has 0 radical (unpaired) electrons. The molecule has 0 fully saturated rings. The van der Waals surface area contributed by atoms with Gasteiger partial charge in [-0.05, 0) is 74.5 Å². The Kier molecular flexibility index (Phi) is 8.01. The van der Waals surface area contributed by atoms with E-state index in [1.165, 1.54) is 33.0 Å². The smallest absolute Gasteiger partial charge is 0.139 e. The summed E-state index contributed by atoms with van der Waals surface area (Å²) in [5, 5.41) is 5.48. The van der Waals surface area contributed by atoms with Gasteiger partial charge < -0.3 is 9.32 Å². The molecule has 3 nitrogen and oxygen atoms in total. The molecule has 2 aromatic heterocycles. The Labute approximate surface area is 334 Å². The Morgan fingerprint density at radius 1 is 0.421 bits per heavy atom. The normalized spacial score (nSPS) is 11.5. The first-order chi connectivity index (χ1) is 28.3.